The molecule has 0 N–H and O–H groups in total. The molecule has 1 aliphatic rings. The Kier molecular flexibility index (Phi) is 5.16. The number of benzene rings is 1. The maximum atomic E-state index is 6.03. The fourth-order valence-corrected chi connectivity index (χ4v) is 3.12. The maximum absolute atomic E-state index is 6.03. The van der Waals surface area contributed by atoms with Crippen molar-refractivity contribution >= 4 is 11.6 Å². The Hall–Kier alpha value is -1.32. The summed E-state index contributed by atoms with van der Waals surface area (Å²) in [6, 6.07) is 7.99. The second-order valence-electron chi connectivity index (χ2n) is 6.40. The highest BCUT2D eigenvalue weighted by atomic mass is 35.5. The van der Waals surface area contributed by atoms with Crippen molar-refractivity contribution in [1.29, 1.82) is 0 Å². The smallest absolute Gasteiger partial charge is 0.245 e. The highest BCUT2D eigenvalue weighted by Crippen LogP contribution is 2.25. The van der Waals surface area contributed by atoms with Crippen molar-refractivity contribution in [3.05, 3.63) is 53.6 Å². The van der Waals surface area contributed by atoms with E-state index in [-0.39, 0.29) is 0 Å². The van der Waals surface area contributed by atoms with Crippen molar-refractivity contribution in [1.82, 2.24) is 4.57 Å². The summed E-state index contributed by atoms with van der Waals surface area (Å²) >= 11 is 5.92. The van der Waals surface area contributed by atoms with Gasteiger partial charge in [-0.2, -0.15) is 0 Å². The summed E-state index contributed by atoms with van der Waals surface area (Å²) in [6.07, 6.45) is 11.7. The molecule has 0 saturated heterocycles. The largest absolute Gasteiger partial charge is 0.338 e. The number of nitrogens with zero attached hydrogens (tertiary/aromatic N) is 2. The molecule has 1 aromatic carbocycles. The first kappa shape index (κ1) is 15.6. The molecule has 4 heteroatoms. The van der Waals surface area contributed by atoms with Crippen LogP contribution in [-0.2, 0) is 18.0 Å². The zero-order chi connectivity index (χ0) is 15.4. The van der Waals surface area contributed by atoms with Crippen LogP contribution in [0.2, 0.25) is 5.02 Å². The van der Waals surface area contributed by atoms with Crippen LogP contribution in [0.3, 0.4) is 0 Å². The van der Waals surface area contributed by atoms with Crippen LogP contribution in [-0.4, -0.2) is 10.7 Å². The second kappa shape index (κ2) is 7.30. The standard InChI is InChI=1S/C18H24ClN2O/c1-15-2-8-18(9-3-15)22-14-21-11-10-20(13-21)12-16-4-6-17(19)7-5-16/h4-7,10-11,13,15,18H,2-3,8-9,12,14H2,1H3/q+1. The van der Waals surface area contributed by atoms with Gasteiger partial charge in [0.1, 0.15) is 18.9 Å². The molecule has 3 rings (SSSR count). The van der Waals surface area contributed by atoms with Crippen LogP contribution < -0.4 is 4.57 Å². The van der Waals surface area contributed by atoms with Gasteiger partial charge >= 0.3 is 0 Å². The van der Waals surface area contributed by atoms with Gasteiger partial charge in [-0.15, -0.1) is 0 Å². The molecular formula is C18H24ClN2O+. The van der Waals surface area contributed by atoms with E-state index in [2.05, 4.69) is 46.9 Å². The molecule has 1 aromatic heterocycles. The molecule has 22 heavy (non-hydrogen) atoms. The van der Waals surface area contributed by atoms with E-state index in [1.807, 2.05) is 12.1 Å². The van der Waals surface area contributed by atoms with Gasteiger partial charge in [0.25, 0.3) is 0 Å². The van der Waals surface area contributed by atoms with Crippen molar-refractivity contribution in [3.8, 4) is 0 Å². The maximum Gasteiger partial charge on any atom is 0.245 e. The molecular weight excluding hydrogens is 296 g/mol. The zero-order valence-electron chi connectivity index (χ0n) is 13.1. The molecule has 0 unspecified atom stereocenters. The zero-order valence-corrected chi connectivity index (χ0v) is 13.9. The molecule has 0 radical (unpaired) electrons. The van der Waals surface area contributed by atoms with Gasteiger partial charge in [-0.3, -0.25) is 0 Å². The Morgan fingerprint density at radius 2 is 1.91 bits per heavy atom. The summed E-state index contributed by atoms with van der Waals surface area (Å²) in [7, 11) is 0. The van der Waals surface area contributed by atoms with E-state index in [1.54, 1.807) is 0 Å². The van der Waals surface area contributed by atoms with Crippen LogP contribution in [0.4, 0.5) is 0 Å². The van der Waals surface area contributed by atoms with Crippen molar-refractivity contribution in [3.63, 3.8) is 0 Å². The lowest BCUT2D eigenvalue weighted by Gasteiger charge is -2.25. The number of ether oxygens (including phenoxy) is 1. The second-order valence-corrected chi connectivity index (χ2v) is 6.84. The fraction of sp³-hybridized carbons (Fsp3) is 0.500. The van der Waals surface area contributed by atoms with E-state index in [4.69, 9.17) is 16.3 Å². The summed E-state index contributed by atoms with van der Waals surface area (Å²) in [4.78, 5) is 0. The summed E-state index contributed by atoms with van der Waals surface area (Å²) < 4.78 is 10.3. The van der Waals surface area contributed by atoms with Crippen molar-refractivity contribution in [2.24, 2.45) is 5.92 Å². The molecule has 2 aromatic rings. The first-order valence-corrected chi connectivity index (χ1v) is 8.48. The van der Waals surface area contributed by atoms with Crippen LogP contribution >= 0.6 is 11.6 Å². The molecule has 118 valence electrons. The average Bonchev–Trinajstić information content (AvgIpc) is 2.97. The lowest BCUT2D eigenvalue weighted by molar-refractivity contribution is -0.688. The summed E-state index contributed by atoms with van der Waals surface area (Å²) in [5.74, 6) is 0.868. The van der Waals surface area contributed by atoms with E-state index in [1.165, 1.54) is 31.2 Å². The van der Waals surface area contributed by atoms with Crippen molar-refractivity contribution in [2.75, 3.05) is 0 Å². The quantitative estimate of drug-likeness (QED) is 0.761. The molecule has 3 nitrogen and oxygen atoms in total. The molecule has 0 atom stereocenters. The lowest BCUT2D eigenvalue weighted by Crippen LogP contribution is -2.31. The van der Waals surface area contributed by atoms with Crippen LogP contribution in [0, 0.1) is 5.92 Å². The van der Waals surface area contributed by atoms with Crippen molar-refractivity contribution < 1.29 is 9.30 Å². The van der Waals surface area contributed by atoms with Gasteiger partial charge in [0.2, 0.25) is 6.33 Å². The predicted octanol–water partition coefficient (Wildman–Crippen LogP) is 4.03. The predicted molar refractivity (Wildman–Crippen MR) is 87.7 cm³/mol. The third kappa shape index (κ3) is 4.34. The number of imidazole rings is 1. The first-order chi connectivity index (χ1) is 10.7. The van der Waals surface area contributed by atoms with Gasteiger partial charge in [0, 0.05) is 5.02 Å². The van der Waals surface area contributed by atoms with Gasteiger partial charge in [-0.1, -0.05) is 30.7 Å². The SMILES string of the molecule is CC1CCC(OCn2cc[n+](Cc3ccc(Cl)cc3)c2)CC1. The minimum Gasteiger partial charge on any atom is -0.338 e. The van der Waals surface area contributed by atoms with Crippen LogP contribution in [0.25, 0.3) is 0 Å². The molecule has 1 aliphatic carbocycles. The molecule has 1 saturated carbocycles. The molecule has 0 amide bonds. The summed E-state index contributed by atoms with van der Waals surface area (Å²) in [6.45, 7) is 3.83. The Morgan fingerprint density at radius 1 is 1.18 bits per heavy atom. The van der Waals surface area contributed by atoms with E-state index in [0.717, 1.165) is 17.5 Å². The van der Waals surface area contributed by atoms with E-state index in [0.29, 0.717) is 12.8 Å². The number of hydrogen-bond acceptors (Lipinski definition) is 1. The summed E-state index contributed by atoms with van der Waals surface area (Å²) in [5.41, 5.74) is 1.24. The number of halogens is 1. The normalized spacial score (nSPS) is 21.9. The molecule has 0 bridgehead atoms. The minimum absolute atomic E-state index is 0.434. The Bertz CT molecular complexity index is 585. The molecule has 0 aliphatic heterocycles. The van der Waals surface area contributed by atoms with Crippen LogP contribution in [0.5, 0.6) is 0 Å². The van der Waals surface area contributed by atoms with Crippen LogP contribution in [0.15, 0.2) is 43.0 Å². The molecule has 1 heterocycles. The Morgan fingerprint density at radius 3 is 2.64 bits per heavy atom. The molecule has 1 fully saturated rings. The van der Waals surface area contributed by atoms with E-state index in [9.17, 15) is 0 Å². The number of rotatable bonds is 5. The van der Waals surface area contributed by atoms with E-state index < -0.39 is 0 Å². The summed E-state index contributed by atoms with van der Waals surface area (Å²) in [5, 5.41) is 0.779. The highest BCUT2D eigenvalue weighted by molar-refractivity contribution is 6.30. The van der Waals surface area contributed by atoms with Gasteiger partial charge in [0.15, 0.2) is 6.73 Å². The number of hydrogen-bond donors (Lipinski definition) is 0. The molecule has 0 spiro atoms. The average molecular weight is 320 g/mol. The van der Waals surface area contributed by atoms with Gasteiger partial charge < -0.3 is 4.74 Å². The first-order valence-electron chi connectivity index (χ1n) is 8.10. The Labute approximate surface area is 137 Å². The van der Waals surface area contributed by atoms with Gasteiger partial charge in [-0.25, -0.2) is 9.13 Å². The van der Waals surface area contributed by atoms with Crippen molar-refractivity contribution in [2.45, 2.75) is 52.0 Å². The minimum atomic E-state index is 0.434. The monoisotopic (exact) mass is 319 g/mol. The topological polar surface area (TPSA) is 18.0 Å². The Balaban J connectivity index is 1.49. The highest BCUT2D eigenvalue weighted by Gasteiger charge is 2.19. The number of aromatic nitrogens is 2. The van der Waals surface area contributed by atoms with E-state index >= 15 is 0 Å². The fourth-order valence-electron chi connectivity index (χ4n) is 3.00. The third-order valence-electron chi connectivity index (χ3n) is 4.45. The lowest BCUT2D eigenvalue weighted by atomic mass is 9.89. The third-order valence-corrected chi connectivity index (χ3v) is 4.70. The van der Waals surface area contributed by atoms with Crippen LogP contribution in [0.1, 0.15) is 38.2 Å². The van der Waals surface area contributed by atoms with Gasteiger partial charge in [0.05, 0.1) is 6.10 Å². The van der Waals surface area contributed by atoms with Gasteiger partial charge in [-0.05, 0) is 49.3 Å².